The number of hydrogen-bond donors (Lipinski definition) is 1. The van der Waals surface area contributed by atoms with Crippen LogP contribution in [0, 0.1) is 5.92 Å². The van der Waals surface area contributed by atoms with Crippen molar-refractivity contribution in [3.05, 3.63) is 0 Å². The van der Waals surface area contributed by atoms with Crippen LogP contribution >= 0.6 is 24.4 Å². The molecule has 14 heavy (non-hydrogen) atoms. The largest absolute Gasteiger partial charge is 0.290 e. The van der Waals surface area contributed by atoms with E-state index in [0.29, 0.717) is 5.37 Å². The molecule has 1 heterocycles. The Bertz CT molecular complexity index is 145. The third-order valence-corrected chi connectivity index (χ3v) is 5.18. The van der Waals surface area contributed by atoms with Gasteiger partial charge in [0.05, 0.1) is 5.37 Å². The van der Waals surface area contributed by atoms with Gasteiger partial charge in [-0.15, -0.1) is 0 Å². The van der Waals surface area contributed by atoms with Crippen molar-refractivity contribution in [2.24, 2.45) is 5.92 Å². The van der Waals surface area contributed by atoms with Crippen LogP contribution < -0.4 is 0 Å². The van der Waals surface area contributed by atoms with Gasteiger partial charge in [-0.05, 0) is 18.8 Å². The molecule has 0 N–H and O–H groups in total. The fourth-order valence-corrected chi connectivity index (χ4v) is 4.03. The molecule has 1 unspecified atom stereocenters. The molecule has 0 aromatic carbocycles. The summed E-state index contributed by atoms with van der Waals surface area (Å²) in [6, 6.07) is 0. The van der Waals surface area contributed by atoms with Crippen LogP contribution in [0.15, 0.2) is 0 Å². The van der Waals surface area contributed by atoms with Gasteiger partial charge < -0.3 is 0 Å². The molecule has 0 radical (unpaired) electrons. The second-order valence-electron chi connectivity index (χ2n) is 4.46. The summed E-state index contributed by atoms with van der Waals surface area (Å²) in [5.74, 6) is 3.49. The van der Waals surface area contributed by atoms with Gasteiger partial charge in [-0.3, -0.25) is 4.90 Å². The molecule has 82 valence electrons. The highest BCUT2D eigenvalue weighted by Gasteiger charge is 2.26. The highest BCUT2D eigenvalue weighted by molar-refractivity contribution is 7.99. The maximum absolute atomic E-state index is 4.83. The second kappa shape index (κ2) is 5.66. The summed E-state index contributed by atoms with van der Waals surface area (Å²) in [7, 11) is 0. The van der Waals surface area contributed by atoms with Crippen molar-refractivity contribution in [1.82, 2.24) is 4.90 Å². The van der Waals surface area contributed by atoms with Gasteiger partial charge in [-0.2, -0.15) is 24.4 Å². The van der Waals surface area contributed by atoms with Crippen LogP contribution in [0.25, 0.3) is 0 Å². The zero-order valence-electron chi connectivity index (χ0n) is 8.82. The first-order valence-electron chi connectivity index (χ1n) is 5.88. The molecule has 3 heteroatoms. The van der Waals surface area contributed by atoms with Gasteiger partial charge in [-0.1, -0.05) is 19.3 Å². The minimum Gasteiger partial charge on any atom is -0.290 e. The van der Waals surface area contributed by atoms with Crippen LogP contribution in [0.3, 0.4) is 0 Å². The van der Waals surface area contributed by atoms with E-state index in [2.05, 4.69) is 16.7 Å². The molecular formula is C11H21NS2. The van der Waals surface area contributed by atoms with Gasteiger partial charge in [0.1, 0.15) is 0 Å². The summed E-state index contributed by atoms with van der Waals surface area (Å²) in [4.78, 5) is 2.59. The van der Waals surface area contributed by atoms with E-state index < -0.39 is 0 Å². The Labute approximate surface area is 97.4 Å². The summed E-state index contributed by atoms with van der Waals surface area (Å²) < 4.78 is 0. The van der Waals surface area contributed by atoms with Crippen LogP contribution in [0.2, 0.25) is 0 Å². The fraction of sp³-hybridized carbons (Fsp3) is 1.00. The highest BCUT2D eigenvalue weighted by Crippen LogP contribution is 2.31. The number of rotatable bonds is 2. The minimum atomic E-state index is 0.552. The molecule has 0 aromatic rings. The van der Waals surface area contributed by atoms with Crippen LogP contribution in [0.4, 0.5) is 0 Å². The maximum atomic E-state index is 4.83. The molecule has 0 amide bonds. The zero-order valence-corrected chi connectivity index (χ0v) is 10.5. The third-order valence-electron chi connectivity index (χ3n) is 3.49. The molecule has 1 aliphatic heterocycles. The average molecular weight is 231 g/mol. The normalized spacial score (nSPS) is 28.9. The molecule has 0 spiro atoms. The summed E-state index contributed by atoms with van der Waals surface area (Å²) in [6.45, 7) is 2.52. The highest BCUT2D eigenvalue weighted by atomic mass is 32.2. The van der Waals surface area contributed by atoms with E-state index in [4.69, 9.17) is 12.6 Å². The molecule has 1 saturated heterocycles. The molecule has 2 aliphatic rings. The van der Waals surface area contributed by atoms with Crippen LogP contribution in [0.1, 0.15) is 32.1 Å². The standard InChI is InChI=1S/C11H21NS2/c13-11(10-4-2-1-3-5-10)12-6-8-14-9-7-12/h10-11,13H,1-9H2. The van der Waals surface area contributed by atoms with Crippen molar-refractivity contribution < 1.29 is 0 Å². The molecule has 2 rings (SSSR count). The first-order chi connectivity index (χ1) is 6.88. The monoisotopic (exact) mass is 231 g/mol. The van der Waals surface area contributed by atoms with Crippen molar-refractivity contribution in [2.45, 2.75) is 37.5 Å². The van der Waals surface area contributed by atoms with E-state index in [0.717, 1.165) is 5.92 Å². The van der Waals surface area contributed by atoms with Crippen molar-refractivity contribution in [3.8, 4) is 0 Å². The van der Waals surface area contributed by atoms with Gasteiger partial charge in [0, 0.05) is 24.6 Å². The van der Waals surface area contributed by atoms with E-state index in [1.54, 1.807) is 0 Å². The van der Waals surface area contributed by atoms with Gasteiger partial charge in [0.25, 0.3) is 0 Å². The smallest absolute Gasteiger partial charge is 0.0556 e. The summed E-state index contributed by atoms with van der Waals surface area (Å²) in [6.07, 6.45) is 7.15. The Balaban J connectivity index is 1.82. The number of hydrogen-bond acceptors (Lipinski definition) is 3. The third kappa shape index (κ3) is 2.83. The predicted octanol–water partition coefficient (Wildman–Crippen LogP) is 2.87. The number of nitrogens with zero attached hydrogens (tertiary/aromatic N) is 1. The van der Waals surface area contributed by atoms with Gasteiger partial charge >= 0.3 is 0 Å². The molecule has 1 aliphatic carbocycles. The Morgan fingerprint density at radius 2 is 1.71 bits per heavy atom. The predicted molar refractivity (Wildman–Crippen MR) is 68.2 cm³/mol. The van der Waals surface area contributed by atoms with Crippen LogP contribution in [-0.2, 0) is 0 Å². The van der Waals surface area contributed by atoms with Gasteiger partial charge in [-0.25, -0.2) is 0 Å². The van der Waals surface area contributed by atoms with Crippen molar-refractivity contribution in [1.29, 1.82) is 0 Å². The van der Waals surface area contributed by atoms with E-state index >= 15 is 0 Å². The SMILES string of the molecule is SC(C1CCCCC1)N1CCSCC1. The molecule has 0 bridgehead atoms. The Morgan fingerprint density at radius 1 is 1.07 bits per heavy atom. The molecule has 1 nitrogen and oxygen atoms in total. The second-order valence-corrected chi connectivity index (χ2v) is 6.21. The van der Waals surface area contributed by atoms with Crippen molar-refractivity contribution in [2.75, 3.05) is 24.6 Å². The number of thiol groups is 1. The lowest BCUT2D eigenvalue weighted by Crippen LogP contribution is -2.42. The first kappa shape index (κ1) is 11.2. The van der Waals surface area contributed by atoms with Crippen molar-refractivity contribution in [3.63, 3.8) is 0 Å². The Hall–Kier alpha value is 0.660. The zero-order chi connectivity index (χ0) is 9.80. The average Bonchev–Trinajstić information content (AvgIpc) is 2.30. The van der Waals surface area contributed by atoms with E-state index in [9.17, 15) is 0 Å². The fourth-order valence-electron chi connectivity index (χ4n) is 2.57. The molecule has 2 fully saturated rings. The lowest BCUT2D eigenvalue weighted by atomic mass is 9.88. The molecule has 1 atom stereocenters. The lowest BCUT2D eigenvalue weighted by Gasteiger charge is -2.37. The topological polar surface area (TPSA) is 3.24 Å². The molecule has 1 saturated carbocycles. The lowest BCUT2D eigenvalue weighted by molar-refractivity contribution is 0.192. The van der Waals surface area contributed by atoms with Gasteiger partial charge in [0.2, 0.25) is 0 Å². The quantitative estimate of drug-likeness (QED) is 0.728. The minimum absolute atomic E-state index is 0.552. The summed E-state index contributed by atoms with van der Waals surface area (Å²) in [5, 5.41) is 0.552. The molecule has 0 aromatic heterocycles. The van der Waals surface area contributed by atoms with Crippen molar-refractivity contribution >= 4 is 24.4 Å². The van der Waals surface area contributed by atoms with Crippen LogP contribution in [-0.4, -0.2) is 34.9 Å². The Morgan fingerprint density at radius 3 is 2.36 bits per heavy atom. The first-order valence-corrected chi connectivity index (χ1v) is 7.55. The van der Waals surface area contributed by atoms with Crippen LogP contribution in [0.5, 0.6) is 0 Å². The molecular weight excluding hydrogens is 210 g/mol. The number of thioether (sulfide) groups is 1. The summed E-state index contributed by atoms with van der Waals surface area (Å²) >= 11 is 6.92. The van der Waals surface area contributed by atoms with Gasteiger partial charge in [0.15, 0.2) is 0 Å². The summed E-state index contributed by atoms with van der Waals surface area (Å²) in [5.41, 5.74) is 0. The van der Waals surface area contributed by atoms with E-state index in [-0.39, 0.29) is 0 Å². The van der Waals surface area contributed by atoms with E-state index in [1.807, 2.05) is 0 Å². The Kier molecular flexibility index (Phi) is 4.51. The van der Waals surface area contributed by atoms with E-state index in [1.165, 1.54) is 56.7 Å². The maximum Gasteiger partial charge on any atom is 0.0556 e.